The molecular formula is C25H30N2O7. The molecule has 9 nitrogen and oxygen atoms in total. The van der Waals surface area contributed by atoms with Gasteiger partial charge in [-0.05, 0) is 55.3 Å². The maximum atomic E-state index is 12.1. The smallest absolute Gasteiger partial charge is 0.338 e. The van der Waals surface area contributed by atoms with Crippen LogP contribution in [0.2, 0.25) is 0 Å². The van der Waals surface area contributed by atoms with E-state index in [-0.39, 0.29) is 18.8 Å². The fraction of sp³-hybridized carbons (Fsp3) is 0.360. The first-order chi connectivity index (χ1) is 16.3. The van der Waals surface area contributed by atoms with Crippen LogP contribution >= 0.6 is 0 Å². The standard InChI is InChI=1S/C25H30N2O7/c1-4-32-21-10-8-19(9-11-21)26-23(29)16-33-24(30)13-12-22(28)27-20-7-5-6-18(14-20)25(31)34-15-17(2)3/h5-11,14,17H,4,12-13,15-16H2,1-3H3,(H,26,29)(H,27,28). The highest BCUT2D eigenvalue weighted by atomic mass is 16.5. The average Bonchev–Trinajstić information content (AvgIpc) is 2.81. The lowest BCUT2D eigenvalue weighted by Crippen LogP contribution is -2.21. The lowest BCUT2D eigenvalue weighted by atomic mass is 10.2. The molecule has 2 amide bonds. The van der Waals surface area contributed by atoms with Gasteiger partial charge in [-0.1, -0.05) is 19.9 Å². The van der Waals surface area contributed by atoms with E-state index in [0.717, 1.165) is 0 Å². The van der Waals surface area contributed by atoms with Crippen molar-refractivity contribution in [2.45, 2.75) is 33.6 Å². The molecule has 2 rings (SSSR count). The monoisotopic (exact) mass is 470 g/mol. The van der Waals surface area contributed by atoms with Crippen LogP contribution in [0.1, 0.15) is 44.0 Å². The van der Waals surface area contributed by atoms with Crippen LogP contribution in [-0.2, 0) is 23.9 Å². The number of ether oxygens (including phenoxy) is 3. The molecule has 0 atom stereocenters. The number of esters is 2. The Kier molecular flexibility index (Phi) is 10.6. The zero-order chi connectivity index (χ0) is 24.9. The van der Waals surface area contributed by atoms with Crippen LogP contribution in [-0.4, -0.2) is 43.6 Å². The molecule has 0 fully saturated rings. The molecule has 0 spiro atoms. The summed E-state index contributed by atoms with van der Waals surface area (Å²) in [5, 5.41) is 5.23. The fourth-order valence-electron chi connectivity index (χ4n) is 2.71. The molecular weight excluding hydrogens is 440 g/mol. The Labute approximate surface area is 198 Å². The molecule has 0 aliphatic heterocycles. The molecule has 0 heterocycles. The van der Waals surface area contributed by atoms with Crippen molar-refractivity contribution in [2.75, 3.05) is 30.5 Å². The minimum absolute atomic E-state index is 0.138. The largest absolute Gasteiger partial charge is 0.494 e. The molecule has 0 saturated carbocycles. The van der Waals surface area contributed by atoms with E-state index in [0.29, 0.717) is 35.9 Å². The number of amides is 2. The van der Waals surface area contributed by atoms with Gasteiger partial charge in [-0.15, -0.1) is 0 Å². The summed E-state index contributed by atoms with van der Waals surface area (Å²) in [6.45, 7) is 6.12. The van der Waals surface area contributed by atoms with Gasteiger partial charge in [-0.25, -0.2) is 4.79 Å². The molecule has 182 valence electrons. The third kappa shape index (κ3) is 9.72. The van der Waals surface area contributed by atoms with Gasteiger partial charge in [-0.3, -0.25) is 14.4 Å². The van der Waals surface area contributed by atoms with Crippen molar-refractivity contribution < 1.29 is 33.4 Å². The molecule has 34 heavy (non-hydrogen) atoms. The van der Waals surface area contributed by atoms with E-state index < -0.39 is 30.4 Å². The Morgan fingerprint density at radius 1 is 0.853 bits per heavy atom. The Bertz CT molecular complexity index is 987. The van der Waals surface area contributed by atoms with Gasteiger partial charge in [0.25, 0.3) is 5.91 Å². The van der Waals surface area contributed by atoms with E-state index in [2.05, 4.69) is 10.6 Å². The van der Waals surface area contributed by atoms with E-state index in [1.54, 1.807) is 42.5 Å². The van der Waals surface area contributed by atoms with E-state index in [9.17, 15) is 19.2 Å². The van der Waals surface area contributed by atoms with Gasteiger partial charge in [0.1, 0.15) is 5.75 Å². The average molecular weight is 471 g/mol. The molecule has 2 aromatic rings. The number of rotatable bonds is 12. The Balaban J connectivity index is 1.71. The first-order valence-electron chi connectivity index (χ1n) is 11.0. The van der Waals surface area contributed by atoms with Crippen LogP contribution in [0.3, 0.4) is 0 Å². The molecule has 0 aromatic heterocycles. The van der Waals surface area contributed by atoms with Gasteiger partial charge in [0.2, 0.25) is 5.91 Å². The van der Waals surface area contributed by atoms with Crippen molar-refractivity contribution in [2.24, 2.45) is 5.92 Å². The SMILES string of the molecule is CCOc1ccc(NC(=O)COC(=O)CCC(=O)Nc2cccc(C(=O)OCC(C)C)c2)cc1. The van der Waals surface area contributed by atoms with Crippen molar-refractivity contribution >= 4 is 35.1 Å². The number of carbonyl (C=O) groups excluding carboxylic acids is 4. The summed E-state index contributed by atoms with van der Waals surface area (Å²) in [5.41, 5.74) is 1.27. The van der Waals surface area contributed by atoms with Crippen molar-refractivity contribution in [3.8, 4) is 5.75 Å². The van der Waals surface area contributed by atoms with Crippen LogP contribution in [0.15, 0.2) is 48.5 Å². The van der Waals surface area contributed by atoms with Crippen LogP contribution < -0.4 is 15.4 Å². The molecule has 0 unspecified atom stereocenters. The van der Waals surface area contributed by atoms with Crippen molar-refractivity contribution in [1.82, 2.24) is 0 Å². The maximum absolute atomic E-state index is 12.1. The summed E-state index contributed by atoms with van der Waals surface area (Å²) >= 11 is 0. The van der Waals surface area contributed by atoms with Gasteiger partial charge in [0, 0.05) is 17.8 Å². The fourth-order valence-corrected chi connectivity index (χ4v) is 2.71. The number of carbonyl (C=O) groups is 4. The number of anilines is 2. The number of hydrogen-bond donors (Lipinski definition) is 2. The van der Waals surface area contributed by atoms with Crippen molar-refractivity contribution in [3.63, 3.8) is 0 Å². The van der Waals surface area contributed by atoms with E-state index in [1.165, 1.54) is 6.07 Å². The summed E-state index contributed by atoms with van der Waals surface area (Å²) in [7, 11) is 0. The number of benzene rings is 2. The van der Waals surface area contributed by atoms with Crippen LogP contribution in [0.4, 0.5) is 11.4 Å². The molecule has 0 radical (unpaired) electrons. The Morgan fingerprint density at radius 2 is 1.56 bits per heavy atom. The zero-order valence-electron chi connectivity index (χ0n) is 19.6. The number of nitrogens with one attached hydrogen (secondary N) is 2. The topological polar surface area (TPSA) is 120 Å². The van der Waals surface area contributed by atoms with Gasteiger partial charge >= 0.3 is 11.9 Å². The Morgan fingerprint density at radius 3 is 2.24 bits per heavy atom. The van der Waals surface area contributed by atoms with E-state index in [4.69, 9.17) is 14.2 Å². The predicted molar refractivity (Wildman–Crippen MR) is 127 cm³/mol. The first kappa shape index (κ1) is 26.4. The third-order valence-corrected chi connectivity index (χ3v) is 4.30. The molecule has 9 heteroatoms. The summed E-state index contributed by atoms with van der Waals surface area (Å²) in [4.78, 5) is 48.0. The minimum atomic E-state index is -0.678. The minimum Gasteiger partial charge on any atom is -0.494 e. The highest BCUT2D eigenvalue weighted by Crippen LogP contribution is 2.16. The van der Waals surface area contributed by atoms with Gasteiger partial charge in [-0.2, -0.15) is 0 Å². The van der Waals surface area contributed by atoms with Crippen LogP contribution in [0, 0.1) is 5.92 Å². The quantitative estimate of drug-likeness (QED) is 0.453. The second kappa shape index (κ2) is 13.6. The maximum Gasteiger partial charge on any atom is 0.338 e. The highest BCUT2D eigenvalue weighted by Gasteiger charge is 2.13. The highest BCUT2D eigenvalue weighted by molar-refractivity contribution is 5.96. The second-order valence-corrected chi connectivity index (χ2v) is 7.79. The molecule has 2 N–H and O–H groups in total. The molecule has 0 aliphatic carbocycles. The molecule has 2 aromatic carbocycles. The van der Waals surface area contributed by atoms with Crippen LogP contribution in [0.25, 0.3) is 0 Å². The summed E-state index contributed by atoms with van der Waals surface area (Å²) in [5.74, 6) is -1.18. The third-order valence-electron chi connectivity index (χ3n) is 4.30. The number of hydrogen-bond acceptors (Lipinski definition) is 7. The second-order valence-electron chi connectivity index (χ2n) is 7.79. The normalized spacial score (nSPS) is 10.4. The molecule has 0 aliphatic rings. The lowest BCUT2D eigenvalue weighted by Gasteiger charge is -2.09. The predicted octanol–water partition coefficient (Wildman–Crippen LogP) is 3.80. The summed E-state index contributed by atoms with van der Waals surface area (Å²) in [6, 6.07) is 13.1. The van der Waals surface area contributed by atoms with Crippen LogP contribution in [0.5, 0.6) is 5.75 Å². The van der Waals surface area contributed by atoms with Crippen molar-refractivity contribution in [3.05, 3.63) is 54.1 Å². The van der Waals surface area contributed by atoms with Gasteiger partial charge in [0.15, 0.2) is 6.61 Å². The summed E-state index contributed by atoms with van der Waals surface area (Å²) in [6.07, 6.45) is -0.334. The van der Waals surface area contributed by atoms with E-state index >= 15 is 0 Å². The van der Waals surface area contributed by atoms with Gasteiger partial charge in [0.05, 0.1) is 25.2 Å². The zero-order valence-corrected chi connectivity index (χ0v) is 19.6. The van der Waals surface area contributed by atoms with E-state index in [1.807, 2.05) is 20.8 Å². The summed E-state index contributed by atoms with van der Waals surface area (Å²) < 4.78 is 15.4. The molecule has 0 bridgehead atoms. The molecule has 0 saturated heterocycles. The lowest BCUT2D eigenvalue weighted by molar-refractivity contribution is -0.147. The first-order valence-corrected chi connectivity index (χ1v) is 11.0. The van der Waals surface area contributed by atoms with Crippen molar-refractivity contribution in [1.29, 1.82) is 0 Å². The Hall–Kier alpha value is -3.88. The van der Waals surface area contributed by atoms with Gasteiger partial charge < -0.3 is 24.8 Å².